The van der Waals surface area contributed by atoms with Crippen LogP contribution in [-0.2, 0) is 4.79 Å². The van der Waals surface area contributed by atoms with Crippen molar-refractivity contribution in [3.05, 3.63) is 29.3 Å². The summed E-state index contributed by atoms with van der Waals surface area (Å²) in [6, 6.07) is 5.24. The molecule has 0 bridgehead atoms. The van der Waals surface area contributed by atoms with Crippen molar-refractivity contribution in [3.8, 4) is 0 Å². The molecule has 0 heterocycles. The van der Waals surface area contributed by atoms with Gasteiger partial charge in [0, 0.05) is 30.3 Å². The normalized spacial score (nSPS) is 12.1. The number of hydrogen-bond donors (Lipinski definition) is 3. The Bertz CT molecular complexity index is 512. The number of nitrogens with two attached hydrogens (primary N) is 1. The zero-order chi connectivity index (χ0) is 16.0. The van der Waals surface area contributed by atoms with Crippen LogP contribution in [0.5, 0.6) is 0 Å². The molecule has 2 amide bonds. The molecule has 21 heavy (non-hydrogen) atoms. The van der Waals surface area contributed by atoms with Gasteiger partial charge in [0.1, 0.15) is 0 Å². The molecular formula is C16H25N3O2. The molecule has 1 aromatic carbocycles. The van der Waals surface area contributed by atoms with Crippen molar-refractivity contribution >= 4 is 17.5 Å². The summed E-state index contributed by atoms with van der Waals surface area (Å²) < 4.78 is 0. The molecule has 0 saturated carbocycles. The number of amides is 2. The smallest absolute Gasteiger partial charge is 0.251 e. The lowest BCUT2D eigenvalue weighted by Crippen LogP contribution is -2.28. The molecule has 0 aliphatic rings. The van der Waals surface area contributed by atoms with E-state index in [0.29, 0.717) is 30.3 Å². The van der Waals surface area contributed by atoms with Gasteiger partial charge in [0.2, 0.25) is 5.91 Å². The van der Waals surface area contributed by atoms with E-state index in [0.717, 1.165) is 5.56 Å². The molecule has 1 aromatic rings. The maximum absolute atomic E-state index is 12.0. The Morgan fingerprint density at radius 1 is 1.24 bits per heavy atom. The van der Waals surface area contributed by atoms with E-state index < -0.39 is 0 Å². The third kappa shape index (κ3) is 5.19. The third-order valence-corrected chi connectivity index (χ3v) is 3.22. The Morgan fingerprint density at radius 2 is 1.90 bits per heavy atom. The van der Waals surface area contributed by atoms with Crippen LogP contribution in [0.15, 0.2) is 18.2 Å². The second kappa shape index (κ2) is 7.78. The summed E-state index contributed by atoms with van der Waals surface area (Å²) in [5, 5.41) is 5.70. The predicted octanol–water partition coefficient (Wildman–Crippen LogP) is 1.91. The van der Waals surface area contributed by atoms with Crippen LogP contribution in [0, 0.1) is 18.8 Å². The number of nitrogens with one attached hydrogen (secondary N) is 2. The van der Waals surface area contributed by atoms with Crippen LogP contribution in [-0.4, -0.2) is 24.9 Å². The average molecular weight is 291 g/mol. The fourth-order valence-electron chi connectivity index (χ4n) is 1.71. The van der Waals surface area contributed by atoms with E-state index in [2.05, 4.69) is 10.6 Å². The highest BCUT2D eigenvalue weighted by molar-refractivity contribution is 5.97. The SMILES string of the molecule is Cc1cc(C(=O)NCC(C)C)ccc1NC(=O)C(C)CN. The van der Waals surface area contributed by atoms with Gasteiger partial charge in [-0.2, -0.15) is 0 Å². The highest BCUT2D eigenvalue weighted by Crippen LogP contribution is 2.17. The maximum atomic E-state index is 12.0. The molecule has 0 aromatic heterocycles. The highest BCUT2D eigenvalue weighted by atomic mass is 16.2. The van der Waals surface area contributed by atoms with Crippen LogP contribution in [0.25, 0.3) is 0 Å². The average Bonchev–Trinajstić information content (AvgIpc) is 2.45. The third-order valence-electron chi connectivity index (χ3n) is 3.22. The van der Waals surface area contributed by atoms with Crippen LogP contribution < -0.4 is 16.4 Å². The van der Waals surface area contributed by atoms with Gasteiger partial charge >= 0.3 is 0 Å². The Balaban J connectivity index is 2.76. The van der Waals surface area contributed by atoms with E-state index >= 15 is 0 Å². The minimum atomic E-state index is -0.238. The minimum absolute atomic E-state index is 0.0972. The molecule has 5 heteroatoms. The van der Waals surface area contributed by atoms with Crippen LogP contribution in [0.1, 0.15) is 36.7 Å². The van der Waals surface area contributed by atoms with Gasteiger partial charge in [-0.1, -0.05) is 20.8 Å². The molecule has 1 atom stereocenters. The zero-order valence-corrected chi connectivity index (χ0v) is 13.2. The molecule has 0 spiro atoms. The Kier molecular flexibility index (Phi) is 6.37. The Morgan fingerprint density at radius 3 is 2.43 bits per heavy atom. The quantitative estimate of drug-likeness (QED) is 0.748. The van der Waals surface area contributed by atoms with Gasteiger partial charge in [-0.15, -0.1) is 0 Å². The van der Waals surface area contributed by atoms with Gasteiger partial charge in [-0.3, -0.25) is 9.59 Å². The second-order valence-electron chi connectivity index (χ2n) is 5.76. The Labute approximate surface area is 126 Å². The van der Waals surface area contributed by atoms with Crippen molar-refractivity contribution in [2.75, 3.05) is 18.4 Å². The lowest BCUT2D eigenvalue weighted by atomic mass is 10.1. The minimum Gasteiger partial charge on any atom is -0.352 e. The molecule has 0 radical (unpaired) electrons. The summed E-state index contributed by atoms with van der Waals surface area (Å²) in [7, 11) is 0. The van der Waals surface area contributed by atoms with Crippen molar-refractivity contribution in [1.29, 1.82) is 0 Å². The summed E-state index contributed by atoms with van der Waals surface area (Å²) in [6.45, 7) is 8.68. The first-order chi connectivity index (χ1) is 9.85. The standard InChI is InChI=1S/C16H25N3O2/c1-10(2)9-18-16(21)13-5-6-14(11(3)7-13)19-15(20)12(4)8-17/h5-7,10,12H,8-9,17H2,1-4H3,(H,18,21)(H,19,20). The second-order valence-corrected chi connectivity index (χ2v) is 5.76. The molecular weight excluding hydrogens is 266 g/mol. The highest BCUT2D eigenvalue weighted by Gasteiger charge is 2.13. The van der Waals surface area contributed by atoms with Crippen LogP contribution in [0.4, 0.5) is 5.69 Å². The van der Waals surface area contributed by atoms with E-state index in [1.807, 2.05) is 20.8 Å². The van der Waals surface area contributed by atoms with Crippen molar-refractivity contribution in [2.45, 2.75) is 27.7 Å². The zero-order valence-electron chi connectivity index (χ0n) is 13.2. The molecule has 0 aliphatic heterocycles. The molecule has 0 aliphatic carbocycles. The summed E-state index contributed by atoms with van der Waals surface area (Å²) in [5.74, 6) is -0.0395. The van der Waals surface area contributed by atoms with Crippen molar-refractivity contribution in [1.82, 2.24) is 5.32 Å². The first-order valence-electron chi connectivity index (χ1n) is 7.25. The first kappa shape index (κ1) is 17.2. The van der Waals surface area contributed by atoms with E-state index in [-0.39, 0.29) is 17.7 Å². The van der Waals surface area contributed by atoms with E-state index in [4.69, 9.17) is 5.73 Å². The van der Waals surface area contributed by atoms with E-state index in [1.54, 1.807) is 25.1 Å². The molecule has 1 rings (SSSR count). The summed E-state index contributed by atoms with van der Waals surface area (Å²) in [5.41, 5.74) is 7.63. The van der Waals surface area contributed by atoms with E-state index in [1.165, 1.54) is 0 Å². The molecule has 0 fully saturated rings. The lowest BCUT2D eigenvalue weighted by molar-refractivity contribution is -0.119. The van der Waals surface area contributed by atoms with Gasteiger partial charge in [-0.05, 0) is 36.6 Å². The van der Waals surface area contributed by atoms with Gasteiger partial charge < -0.3 is 16.4 Å². The van der Waals surface area contributed by atoms with Crippen LogP contribution in [0.2, 0.25) is 0 Å². The van der Waals surface area contributed by atoms with Crippen molar-refractivity contribution in [2.24, 2.45) is 17.6 Å². The fraction of sp³-hybridized carbons (Fsp3) is 0.500. The summed E-state index contributed by atoms with van der Waals surface area (Å²) >= 11 is 0. The first-order valence-corrected chi connectivity index (χ1v) is 7.25. The Hall–Kier alpha value is -1.88. The fourth-order valence-corrected chi connectivity index (χ4v) is 1.71. The number of rotatable bonds is 6. The van der Waals surface area contributed by atoms with Crippen molar-refractivity contribution in [3.63, 3.8) is 0 Å². The van der Waals surface area contributed by atoms with Gasteiger partial charge in [0.15, 0.2) is 0 Å². The summed E-state index contributed by atoms with van der Waals surface area (Å²) in [4.78, 5) is 23.8. The van der Waals surface area contributed by atoms with Gasteiger partial charge in [-0.25, -0.2) is 0 Å². The van der Waals surface area contributed by atoms with Crippen LogP contribution >= 0.6 is 0 Å². The largest absolute Gasteiger partial charge is 0.352 e. The number of carbonyl (C=O) groups is 2. The molecule has 5 nitrogen and oxygen atoms in total. The van der Waals surface area contributed by atoms with Gasteiger partial charge in [0.05, 0.1) is 0 Å². The topological polar surface area (TPSA) is 84.2 Å². The van der Waals surface area contributed by atoms with Crippen molar-refractivity contribution < 1.29 is 9.59 Å². The number of hydrogen-bond acceptors (Lipinski definition) is 3. The van der Waals surface area contributed by atoms with E-state index in [9.17, 15) is 9.59 Å². The lowest BCUT2D eigenvalue weighted by Gasteiger charge is -2.13. The monoisotopic (exact) mass is 291 g/mol. The van der Waals surface area contributed by atoms with Crippen LogP contribution in [0.3, 0.4) is 0 Å². The molecule has 116 valence electrons. The number of anilines is 1. The molecule has 0 saturated heterocycles. The maximum Gasteiger partial charge on any atom is 0.251 e. The number of aryl methyl sites for hydroxylation is 1. The molecule has 1 unspecified atom stereocenters. The molecule has 4 N–H and O–H groups in total. The number of carbonyl (C=O) groups excluding carboxylic acids is 2. The number of benzene rings is 1. The summed E-state index contributed by atoms with van der Waals surface area (Å²) in [6.07, 6.45) is 0. The predicted molar refractivity (Wildman–Crippen MR) is 85.2 cm³/mol. The van der Waals surface area contributed by atoms with Gasteiger partial charge in [0.25, 0.3) is 5.91 Å².